The molecule has 1 heterocycles. The second kappa shape index (κ2) is 12.5. The average molecular weight is 494 g/mol. The smallest absolute Gasteiger partial charge is 0.190 e. The number of halogens is 2. The van der Waals surface area contributed by atoms with Crippen LogP contribution in [0.15, 0.2) is 39.1 Å². The summed E-state index contributed by atoms with van der Waals surface area (Å²) in [4.78, 5) is 8.47. The number of aromatic nitrogens is 1. The van der Waals surface area contributed by atoms with Crippen LogP contribution in [0.1, 0.15) is 17.5 Å². The minimum Gasteiger partial charge on any atom is -0.356 e. The molecule has 0 aliphatic rings. The van der Waals surface area contributed by atoms with Crippen molar-refractivity contribution in [2.75, 3.05) is 25.9 Å². The number of rotatable bonds is 8. The molecule has 0 amide bonds. The number of nitrogens with one attached hydrogen (secondary N) is 2. The van der Waals surface area contributed by atoms with Crippen molar-refractivity contribution < 1.29 is 4.39 Å². The van der Waals surface area contributed by atoms with Gasteiger partial charge in [-0.3, -0.25) is 4.99 Å². The Morgan fingerprint density at radius 1 is 1.32 bits per heavy atom. The van der Waals surface area contributed by atoms with Crippen LogP contribution in [-0.2, 0) is 6.42 Å². The Balaban J connectivity index is 0.00000312. The lowest BCUT2D eigenvalue weighted by molar-refractivity contribution is 0.625. The lowest BCUT2D eigenvalue weighted by Gasteiger charge is -2.12. The Hall–Kier alpha value is -0.870. The molecule has 0 fully saturated rings. The van der Waals surface area contributed by atoms with Crippen LogP contribution >= 0.6 is 47.1 Å². The van der Waals surface area contributed by atoms with Gasteiger partial charge in [-0.2, -0.15) is 0 Å². The summed E-state index contributed by atoms with van der Waals surface area (Å²) in [5.41, 5.74) is 2.14. The molecule has 25 heavy (non-hydrogen) atoms. The van der Waals surface area contributed by atoms with E-state index in [2.05, 4.69) is 20.6 Å². The predicted molar refractivity (Wildman–Crippen MR) is 117 cm³/mol. The van der Waals surface area contributed by atoms with Gasteiger partial charge in [0, 0.05) is 37.5 Å². The highest BCUT2D eigenvalue weighted by molar-refractivity contribution is 14.0. The van der Waals surface area contributed by atoms with Crippen LogP contribution in [0.4, 0.5) is 4.39 Å². The van der Waals surface area contributed by atoms with Gasteiger partial charge in [-0.25, -0.2) is 9.37 Å². The van der Waals surface area contributed by atoms with Crippen LogP contribution in [0, 0.1) is 12.7 Å². The van der Waals surface area contributed by atoms with Crippen molar-refractivity contribution in [2.45, 2.75) is 24.1 Å². The molecular formula is C17H24FIN4S2. The van der Waals surface area contributed by atoms with E-state index in [9.17, 15) is 4.39 Å². The Morgan fingerprint density at radius 2 is 2.12 bits per heavy atom. The molecule has 138 valence electrons. The molecule has 2 rings (SSSR count). The van der Waals surface area contributed by atoms with Crippen LogP contribution in [0.2, 0.25) is 0 Å². The van der Waals surface area contributed by atoms with Gasteiger partial charge in [-0.1, -0.05) is 17.8 Å². The van der Waals surface area contributed by atoms with Gasteiger partial charge in [0.25, 0.3) is 0 Å². The summed E-state index contributed by atoms with van der Waals surface area (Å²) in [6.07, 6.45) is 3.72. The minimum atomic E-state index is -0.183. The molecular weight excluding hydrogens is 470 g/mol. The molecule has 2 N–H and O–H groups in total. The number of thioether (sulfide) groups is 1. The molecule has 0 atom stereocenters. The van der Waals surface area contributed by atoms with E-state index in [0.717, 1.165) is 53.1 Å². The highest BCUT2D eigenvalue weighted by atomic mass is 127. The van der Waals surface area contributed by atoms with Crippen LogP contribution in [0.5, 0.6) is 0 Å². The highest BCUT2D eigenvalue weighted by Crippen LogP contribution is 2.20. The quantitative estimate of drug-likeness (QED) is 0.191. The molecule has 0 saturated carbocycles. The van der Waals surface area contributed by atoms with E-state index in [1.807, 2.05) is 24.6 Å². The fourth-order valence-corrected chi connectivity index (χ4v) is 3.84. The Morgan fingerprint density at radius 3 is 2.80 bits per heavy atom. The van der Waals surface area contributed by atoms with E-state index in [-0.39, 0.29) is 29.8 Å². The Kier molecular flexibility index (Phi) is 11.1. The number of benzene rings is 1. The van der Waals surface area contributed by atoms with Crippen molar-refractivity contribution >= 4 is 53.0 Å². The van der Waals surface area contributed by atoms with Crippen LogP contribution in [0.25, 0.3) is 0 Å². The molecule has 0 saturated heterocycles. The zero-order chi connectivity index (χ0) is 17.2. The Bertz CT molecular complexity index is 650. The molecule has 2 aromatic rings. The third-order valence-corrected chi connectivity index (χ3v) is 5.52. The van der Waals surface area contributed by atoms with E-state index < -0.39 is 0 Å². The molecule has 1 aromatic carbocycles. The molecule has 0 aliphatic heterocycles. The summed E-state index contributed by atoms with van der Waals surface area (Å²) in [6.45, 7) is 3.57. The first-order chi connectivity index (χ1) is 11.7. The van der Waals surface area contributed by atoms with Gasteiger partial charge in [0.15, 0.2) is 5.96 Å². The summed E-state index contributed by atoms with van der Waals surface area (Å²) in [7, 11) is 1.77. The average Bonchev–Trinajstić information content (AvgIpc) is 3.08. The minimum absolute atomic E-state index is 0. The first kappa shape index (κ1) is 22.2. The molecule has 4 nitrogen and oxygen atoms in total. The molecule has 8 heteroatoms. The van der Waals surface area contributed by atoms with Gasteiger partial charge in [0.05, 0.1) is 0 Å². The summed E-state index contributed by atoms with van der Waals surface area (Å²) in [5, 5.41) is 8.60. The predicted octanol–water partition coefficient (Wildman–Crippen LogP) is 4.10. The van der Waals surface area contributed by atoms with Crippen molar-refractivity contribution in [2.24, 2.45) is 4.99 Å². The monoisotopic (exact) mass is 494 g/mol. The number of guanidine groups is 1. The van der Waals surface area contributed by atoms with E-state index in [4.69, 9.17) is 0 Å². The van der Waals surface area contributed by atoms with Gasteiger partial charge in [0.2, 0.25) is 0 Å². The second-order valence-electron chi connectivity index (χ2n) is 5.25. The molecule has 0 spiro atoms. The second-order valence-corrected chi connectivity index (χ2v) is 7.48. The first-order valence-corrected chi connectivity index (χ1v) is 9.77. The van der Waals surface area contributed by atoms with E-state index >= 15 is 0 Å². The summed E-state index contributed by atoms with van der Waals surface area (Å²) >= 11 is 3.46. The third-order valence-electron chi connectivity index (χ3n) is 3.46. The number of hydrogen-bond donors (Lipinski definition) is 2. The summed E-state index contributed by atoms with van der Waals surface area (Å²) in [5.74, 6) is 1.65. The lowest BCUT2D eigenvalue weighted by Crippen LogP contribution is -2.38. The summed E-state index contributed by atoms with van der Waals surface area (Å²) < 4.78 is 14.2. The standard InChI is InChI=1S/C17H23FN4S2.HI/c1-13-12-15(18)5-4-14(13)6-8-21-16(19-2)20-7-3-10-23-17-22-9-11-24-17;/h4-5,9,11-12H,3,6-8,10H2,1-2H3,(H2,19,20,21);1H. The van der Waals surface area contributed by atoms with Gasteiger partial charge >= 0.3 is 0 Å². The first-order valence-electron chi connectivity index (χ1n) is 7.91. The van der Waals surface area contributed by atoms with Crippen molar-refractivity contribution in [3.8, 4) is 0 Å². The van der Waals surface area contributed by atoms with Crippen molar-refractivity contribution in [1.82, 2.24) is 15.6 Å². The number of hydrogen-bond acceptors (Lipinski definition) is 4. The summed E-state index contributed by atoms with van der Waals surface area (Å²) in [6, 6.07) is 4.93. The fraction of sp³-hybridized carbons (Fsp3) is 0.412. The van der Waals surface area contributed by atoms with Crippen molar-refractivity contribution in [3.63, 3.8) is 0 Å². The maximum absolute atomic E-state index is 13.1. The van der Waals surface area contributed by atoms with E-state index in [1.54, 1.807) is 36.2 Å². The van der Waals surface area contributed by atoms with Gasteiger partial charge < -0.3 is 10.6 Å². The van der Waals surface area contributed by atoms with Crippen LogP contribution in [0.3, 0.4) is 0 Å². The number of thiazole rings is 1. The van der Waals surface area contributed by atoms with Crippen LogP contribution < -0.4 is 10.6 Å². The van der Waals surface area contributed by atoms with Crippen LogP contribution in [-0.4, -0.2) is 36.8 Å². The number of nitrogens with zero attached hydrogens (tertiary/aromatic N) is 2. The maximum atomic E-state index is 13.1. The molecule has 0 radical (unpaired) electrons. The van der Waals surface area contributed by atoms with Crippen molar-refractivity contribution in [3.05, 3.63) is 46.7 Å². The molecule has 0 aliphatic carbocycles. The molecule has 0 unspecified atom stereocenters. The number of aliphatic imine (C=N–C) groups is 1. The topological polar surface area (TPSA) is 49.3 Å². The zero-order valence-electron chi connectivity index (χ0n) is 14.4. The van der Waals surface area contributed by atoms with Gasteiger partial charge in [0.1, 0.15) is 10.2 Å². The van der Waals surface area contributed by atoms with E-state index in [0.29, 0.717) is 0 Å². The number of aryl methyl sites for hydroxylation is 1. The zero-order valence-corrected chi connectivity index (χ0v) is 18.4. The third kappa shape index (κ3) is 8.37. The molecule has 1 aromatic heterocycles. The van der Waals surface area contributed by atoms with Gasteiger partial charge in [-0.05, 0) is 43.0 Å². The highest BCUT2D eigenvalue weighted by Gasteiger charge is 2.02. The lowest BCUT2D eigenvalue weighted by atomic mass is 10.1. The largest absolute Gasteiger partial charge is 0.356 e. The molecule has 0 bridgehead atoms. The van der Waals surface area contributed by atoms with E-state index in [1.165, 1.54) is 6.07 Å². The maximum Gasteiger partial charge on any atom is 0.190 e. The van der Waals surface area contributed by atoms with Crippen molar-refractivity contribution in [1.29, 1.82) is 0 Å². The normalized spacial score (nSPS) is 11.1. The fourth-order valence-electron chi connectivity index (χ4n) is 2.20. The SMILES string of the molecule is CN=C(NCCCSc1nccs1)NCCc1ccc(F)cc1C.I. The Labute approximate surface area is 174 Å². The van der Waals surface area contributed by atoms with Gasteiger partial charge in [-0.15, -0.1) is 35.3 Å².